The first kappa shape index (κ1) is 25.2. The van der Waals surface area contributed by atoms with Crippen LogP contribution in [0.3, 0.4) is 0 Å². The Balaban J connectivity index is 1.27. The van der Waals surface area contributed by atoms with Crippen LogP contribution in [0, 0.1) is 0 Å². The van der Waals surface area contributed by atoms with Crippen molar-refractivity contribution in [1.82, 2.24) is 0 Å². The molecule has 4 heterocycles. The van der Waals surface area contributed by atoms with Crippen LogP contribution in [0.4, 0.5) is 0 Å². The normalized spacial score (nSPS) is 16.0. The van der Waals surface area contributed by atoms with E-state index in [1.54, 1.807) is 18.2 Å². The van der Waals surface area contributed by atoms with Crippen LogP contribution in [0.5, 0.6) is 17.2 Å². The van der Waals surface area contributed by atoms with Crippen LogP contribution >= 0.6 is 0 Å². The number of aromatic hydroxyl groups is 2. The standard InChI is InChI=1S/C32H20O10/c33-19-5-7-24-20(14-19)16(12-27(35)39-24)8-15-4-6-25-21(9-15)30(37)22-11-18(31(38)42-32(22)41-25)10-17-13-28(36)40-26-3-1-2-23(34)29(17)26/h1-7,9,11-14,32-34,37H,8,10H2. The molecule has 2 aromatic heterocycles. The van der Waals surface area contributed by atoms with Crippen molar-refractivity contribution in [2.45, 2.75) is 19.1 Å². The first-order chi connectivity index (χ1) is 20.2. The second-order valence-electron chi connectivity index (χ2n) is 10.0. The summed E-state index contributed by atoms with van der Waals surface area (Å²) in [6, 6.07) is 16.6. The first-order valence-corrected chi connectivity index (χ1v) is 12.9. The number of phenols is 2. The molecule has 1 unspecified atom stereocenters. The van der Waals surface area contributed by atoms with Crippen molar-refractivity contribution in [2.24, 2.45) is 0 Å². The van der Waals surface area contributed by atoms with E-state index in [2.05, 4.69) is 0 Å². The minimum atomic E-state index is -1.18. The molecule has 10 heteroatoms. The van der Waals surface area contributed by atoms with Gasteiger partial charge in [0.2, 0.25) is 0 Å². The number of hydrogen-bond donors (Lipinski definition) is 3. The largest absolute Gasteiger partial charge is 0.508 e. The van der Waals surface area contributed by atoms with E-state index in [-0.39, 0.29) is 52.2 Å². The van der Waals surface area contributed by atoms with Crippen molar-refractivity contribution in [3.8, 4) is 17.2 Å². The van der Waals surface area contributed by atoms with E-state index < -0.39 is 23.5 Å². The van der Waals surface area contributed by atoms with Gasteiger partial charge in [0.15, 0.2) is 0 Å². The third kappa shape index (κ3) is 4.26. The molecule has 42 heavy (non-hydrogen) atoms. The number of aliphatic hydroxyl groups is 1. The Labute approximate surface area is 235 Å². The fourth-order valence-electron chi connectivity index (χ4n) is 5.39. The van der Waals surface area contributed by atoms with Crippen molar-refractivity contribution < 1.29 is 38.4 Å². The average Bonchev–Trinajstić information content (AvgIpc) is 2.94. The predicted octanol–water partition coefficient (Wildman–Crippen LogP) is 4.61. The Morgan fingerprint density at radius 3 is 2.36 bits per heavy atom. The molecule has 0 saturated heterocycles. The lowest BCUT2D eigenvalue weighted by atomic mass is 9.94. The summed E-state index contributed by atoms with van der Waals surface area (Å²) >= 11 is 0. The molecule has 10 nitrogen and oxygen atoms in total. The zero-order chi connectivity index (χ0) is 29.1. The number of benzene rings is 3. The zero-order valence-electron chi connectivity index (χ0n) is 21.6. The van der Waals surface area contributed by atoms with Gasteiger partial charge in [-0.05, 0) is 71.7 Å². The van der Waals surface area contributed by atoms with Crippen molar-refractivity contribution in [1.29, 1.82) is 0 Å². The quantitative estimate of drug-likeness (QED) is 0.208. The third-order valence-electron chi connectivity index (χ3n) is 7.28. The number of hydrogen-bond acceptors (Lipinski definition) is 10. The number of phenolic OH excluding ortho intramolecular Hbond substituents is 2. The van der Waals surface area contributed by atoms with Gasteiger partial charge in [0, 0.05) is 29.5 Å². The summed E-state index contributed by atoms with van der Waals surface area (Å²) in [5.41, 5.74) is 1.73. The van der Waals surface area contributed by atoms with Crippen LogP contribution < -0.4 is 16.0 Å². The Morgan fingerprint density at radius 2 is 1.52 bits per heavy atom. The van der Waals surface area contributed by atoms with E-state index in [0.717, 1.165) is 5.56 Å². The van der Waals surface area contributed by atoms with Crippen LogP contribution in [0.25, 0.3) is 27.7 Å². The predicted molar refractivity (Wildman–Crippen MR) is 149 cm³/mol. The Hall–Kier alpha value is -5.77. The average molecular weight is 565 g/mol. The van der Waals surface area contributed by atoms with Gasteiger partial charge in [-0.2, -0.15) is 0 Å². The summed E-state index contributed by atoms with van der Waals surface area (Å²) in [5.74, 6) is -0.660. The van der Waals surface area contributed by atoms with E-state index in [1.165, 1.54) is 54.6 Å². The SMILES string of the molecule is O=C1OC2Oc3ccc(Cc4cc(=O)oc5ccc(O)cc45)cc3C(O)=C2C=C1Cc1cc(=O)oc2cccc(O)c12. The zero-order valence-corrected chi connectivity index (χ0v) is 21.6. The molecule has 0 bridgehead atoms. The van der Waals surface area contributed by atoms with Crippen LogP contribution in [-0.4, -0.2) is 27.6 Å². The molecule has 2 aliphatic rings. The summed E-state index contributed by atoms with van der Waals surface area (Å²) in [4.78, 5) is 37.2. The molecule has 7 rings (SSSR count). The molecule has 1 atom stereocenters. The summed E-state index contributed by atoms with van der Waals surface area (Å²) in [6.07, 6.45) is 0.483. The minimum absolute atomic E-state index is 0.0267. The van der Waals surface area contributed by atoms with E-state index in [4.69, 9.17) is 18.3 Å². The van der Waals surface area contributed by atoms with Gasteiger partial charge < -0.3 is 33.6 Å². The highest BCUT2D eigenvalue weighted by molar-refractivity contribution is 5.95. The highest BCUT2D eigenvalue weighted by Crippen LogP contribution is 2.40. The topological polar surface area (TPSA) is 157 Å². The maximum atomic E-state index is 12.9. The first-order valence-electron chi connectivity index (χ1n) is 12.9. The van der Waals surface area contributed by atoms with Gasteiger partial charge in [-0.1, -0.05) is 12.1 Å². The summed E-state index contributed by atoms with van der Waals surface area (Å²) in [5, 5.41) is 32.5. The molecule has 3 N–H and O–H groups in total. The van der Waals surface area contributed by atoms with Crippen LogP contribution in [0.1, 0.15) is 22.3 Å². The smallest absolute Gasteiger partial charge is 0.337 e. The number of esters is 1. The molecule has 0 fully saturated rings. The van der Waals surface area contributed by atoms with E-state index >= 15 is 0 Å². The third-order valence-corrected chi connectivity index (χ3v) is 7.28. The van der Waals surface area contributed by atoms with Crippen molar-refractivity contribution in [2.75, 3.05) is 0 Å². The van der Waals surface area contributed by atoms with Gasteiger partial charge in [-0.15, -0.1) is 0 Å². The van der Waals surface area contributed by atoms with Gasteiger partial charge in [-0.3, -0.25) is 0 Å². The monoisotopic (exact) mass is 564 g/mol. The van der Waals surface area contributed by atoms with Gasteiger partial charge in [-0.25, -0.2) is 14.4 Å². The Bertz CT molecular complexity index is 2150. The van der Waals surface area contributed by atoms with Gasteiger partial charge in [0.1, 0.15) is 34.2 Å². The molecule has 0 spiro atoms. The van der Waals surface area contributed by atoms with Crippen molar-refractivity contribution in [3.05, 3.63) is 127 Å². The molecule has 0 aliphatic carbocycles. The second kappa shape index (κ2) is 9.41. The molecule has 0 saturated carbocycles. The Morgan fingerprint density at radius 1 is 0.738 bits per heavy atom. The van der Waals surface area contributed by atoms with Gasteiger partial charge >= 0.3 is 17.2 Å². The van der Waals surface area contributed by atoms with Crippen molar-refractivity contribution in [3.63, 3.8) is 0 Å². The molecular weight excluding hydrogens is 544 g/mol. The van der Waals surface area contributed by atoms with Crippen LogP contribution in [0.15, 0.2) is 102 Å². The molecule has 208 valence electrons. The van der Waals surface area contributed by atoms with Gasteiger partial charge in [0.05, 0.1) is 16.5 Å². The molecule has 2 aliphatic heterocycles. The minimum Gasteiger partial charge on any atom is -0.508 e. The summed E-state index contributed by atoms with van der Waals surface area (Å²) in [7, 11) is 0. The lowest BCUT2D eigenvalue weighted by molar-refractivity contribution is -0.155. The maximum absolute atomic E-state index is 12.9. The molecule has 3 aromatic carbocycles. The number of carbonyl (C=O) groups excluding carboxylic acids is 1. The number of rotatable bonds is 4. The highest BCUT2D eigenvalue weighted by Gasteiger charge is 2.36. The highest BCUT2D eigenvalue weighted by atomic mass is 16.7. The molecule has 0 radical (unpaired) electrons. The van der Waals surface area contributed by atoms with E-state index in [0.29, 0.717) is 33.4 Å². The number of aliphatic hydroxyl groups excluding tert-OH is 1. The fraction of sp³-hybridized carbons (Fsp3) is 0.0938. The van der Waals surface area contributed by atoms with E-state index in [1.807, 2.05) is 0 Å². The molecule has 5 aromatic rings. The van der Waals surface area contributed by atoms with Crippen LogP contribution in [-0.2, 0) is 22.4 Å². The summed E-state index contributed by atoms with van der Waals surface area (Å²) in [6.45, 7) is 0. The summed E-state index contributed by atoms with van der Waals surface area (Å²) < 4.78 is 21.8. The second-order valence-corrected chi connectivity index (χ2v) is 10.0. The van der Waals surface area contributed by atoms with Crippen molar-refractivity contribution >= 4 is 33.7 Å². The van der Waals surface area contributed by atoms with E-state index in [9.17, 15) is 29.7 Å². The van der Waals surface area contributed by atoms with Crippen LogP contribution in [0.2, 0.25) is 0 Å². The molecule has 0 amide bonds. The maximum Gasteiger partial charge on any atom is 0.337 e. The lowest BCUT2D eigenvalue weighted by Gasteiger charge is -2.30. The number of fused-ring (bicyclic) bond motifs is 4. The Kier molecular flexibility index (Phi) is 5.65. The number of ether oxygens (including phenoxy) is 2. The number of carbonyl (C=O) groups is 1. The van der Waals surface area contributed by atoms with Gasteiger partial charge in [0.25, 0.3) is 6.29 Å². The lowest BCUT2D eigenvalue weighted by Crippen LogP contribution is -2.34. The molecular formula is C32H20O10. The fourth-order valence-corrected chi connectivity index (χ4v) is 5.39.